The number of pyridine rings is 1. The Balaban J connectivity index is 1.86. The normalized spacial score (nSPS) is 23.2. The summed E-state index contributed by atoms with van der Waals surface area (Å²) in [6.45, 7) is 3.51. The van der Waals surface area contributed by atoms with Crippen molar-refractivity contribution >= 4 is 11.6 Å². The molecule has 20 heavy (non-hydrogen) atoms. The Morgan fingerprint density at radius 2 is 2.35 bits per heavy atom. The van der Waals surface area contributed by atoms with Crippen molar-refractivity contribution in [3.63, 3.8) is 0 Å². The second-order valence-electron chi connectivity index (χ2n) is 5.53. The van der Waals surface area contributed by atoms with Crippen LogP contribution < -0.4 is 5.73 Å². The molecule has 0 saturated carbocycles. The van der Waals surface area contributed by atoms with Crippen LogP contribution in [0.5, 0.6) is 0 Å². The lowest BCUT2D eigenvalue weighted by molar-refractivity contribution is 0.0573. The maximum absolute atomic E-state index is 12.7. The molecule has 6 heteroatoms. The van der Waals surface area contributed by atoms with E-state index in [0.29, 0.717) is 18.0 Å². The van der Waals surface area contributed by atoms with Crippen LogP contribution in [0.25, 0.3) is 5.65 Å². The quantitative estimate of drug-likeness (QED) is 0.883. The second-order valence-corrected chi connectivity index (χ2v) is 5.53. The van der Waals surface area contributed by atoms with E-state index in [1.54, 1.807) is 23.0 Å². The third-order valence-corrected chi connectivity index (χ3v) is 4.05. The average Bonchev–Trinajstić information content (AvgIpc) is 2.93. The van der Waals surface area contributed by atoms with Crippen molar-refractivity contribution in [2.45, 2.75) is 25.8 Å². The molecule has 1 aliphatic heterocycles. The number of piperidine rings is 1. The number of nitrogens with two attached hydrogens (primary N) is 1. The molecule has 6 nitrogen and oxygen atoms in total. The van der Waals surface area contributed by atoms with Gasteiger partial charge in [0, 0.05) is 25.3 Å². The van der Waals surface area contributed by atoms with E-state index in [1.807, 2.05) is 11.0 Å². The minimum atomic E-state index is 0.0444. The minimum Gasteiger partial charge on any atom is -0.334 e. The first-order valence-corrected chi connectivity index (χ1v) is 6.99. The molecular weight excluding hydrogens is 254 g/mol. The molecular formula is C14H19N5O. The number of nitrogens with zero attached hydrogens (tertiary/aromatic N) is 4. The van der Waals surface area contributed by atoms with Crippen LogP contribution in [0.1, 0.15) is 30.1 Å². The molecule has 3 rings (SSSR count). The number of likely N-dealkylation sites (tertiary alicyclic amines) is 1. The first kappa shape index (κ1) is 13.1. The predicted molar refractivity (Wildman–Crippen MR) is 75.3 cm³/mol. The molecule has 2 aromatic heterocycles. The number of rotatable bonds is 2. The zero-order chi connectivity index (χ0) is 14.1. The van der Waals surface area contributed by atoms with Crippen molar-refractivity contribution in [2.75, 3.05) is 13.1 Å². The highest BCUT2D eigenvalue weighted by molar-refractivity contribution is 5.94. The molecule has 1 aliphatic rings. The highest BCUT2D eigenvalue weighted by atomic mass is 16.2. The monoisotopic (exact) mass is 273 g/mol. The zero-order valence-electron chi connectivity index (χ0n) is 11.6. The molecule has 106 valence electrons. The number of aromatic nitrogens is 3. The molecule has 0 aliphatic carbocycles. The van der Waals surface area contributed by atoms with Gasteiger partial charge in [0.1, 0.15) is 6.33 Å². The Hall–Kier alpha value is -1.95. The highest BCUT2D eigenvalue weighted by Crippen LogP contribution is 2.23. The maximum Gasteiger partial charge on any atom is 0.255 e. The molecule has 1 amide bonds. The van der Waals surface area contributed by atoms with Crippen LogP contribution in [0.3, 0.4) is 0 Å². The number of hydrogen-bond acceptors (Lipinski definition) is 4. The predicted octanol–water partition coefficient (Wildman–Crippen LogP) is 0.929. The van der Waals surface area contributed by atoms with Gasteiger partial charge in [0.05, 0.1) is 5.56 Å². The van der Waals surface area contributed by atoms with E-state index in [2.05, 4.69) is 17.1 Å². The molecule has 0 bridgehead atoms. The molecule has 2 atom stereocenters. The molecule has 2 N–H and O–H groups in total. The summed E-state index contributed by atoms with van der Waals surface area (Å²) in [6.07, 6.45) is 5.41. The van der Waals surface area contributed by atoms with E-state index in [-0.39, 0.29) is 11.9 Å². The Morgan fingerprint density at radius 3 is 3.15 bits per heavy atom. The van der Waals surface area contributed by atoms with Gasteiger partial charge in [-0.25, -0.2) is 0 Å². The number of carbonyl (C=O) groups is 1. The third kappa shape index (κ3) is 2.27. The number of fused-ring (bicyclic) bond motifs is 1. The summed E-state index contributed by atoms with van der Waals surface area (Å²) >= 11 is 0. The van der Waals surface area contributed by atoms with Gasteiger partial charge in [-0.05, 0) is 30.9 Å². The van der Waals surface area contributed by atoms with Crippen LogP contribution in [-0.2, 0) is 0 Å². The summed E-state index contributed by atoms with van der Waals surface area (Å²) in [5.74, 6) is 0.677. The largest absolute Gasteiger partial charge is 0.334 e. The lowest BCUT2D eigenvalue weighted by Crippen LogP contribution is -2.49. The van der Waals surface area contributed by atoms with Crippen molar-refractivity contribution in [2.24, 2.45) is 11.7 Å². The van der Waals surface area contributed by atoms with E-state index in [4.69, 9.17) is 5.73 Å². The van der Waals surface area contributed by atoms with Gasteiger partial charge < -0.3 is 10.6 Å². The van der Waals surface area contributed by atoms with Gasteiger partial charge in [0.25, 0.3) is 5.91 Å². The first-order valence-electron chi connectivity index (χ1n) is 6.99. The summed E-state index contributed by atoms with van der Waals surface area (Å²) in [4.78, 5) is 14.6. The summed E-state index contributed by atoms with van der Waals surface area (Å²) in [7, 11) is 0. The van der Waals surface area contributed by atoms with Gasteiger partial charge in [-0.1, -0.05) is 6.92 Å². The van der Waals surface area contributed by atoms with Gasteiger partial charge in [-0.3, -0.25) is 9.20 Å². The summed E-state index contributed by atoms with van der Waals surface area (Å²) in [6, 6.07) is 3.75. The Labute approximate surface area is 117 Å². The molecule has 2 aromatic rings. The topological polar surface area (TPSA) is 76.5 Å². The minimum absolute atomic E-state index is 0.0444. The smallest absolute Gasteiger partial charge is 0.255 e. The van der Waals surface area contributed by atoms with Crippen LogP contribution in [-0.4, -0.2) is 44.5 Å². The molecule has 0 radical (unpaired) electrons. The van der Waals surface area contributed by atoms with Crippen molar-refractivity contribution in [1.82, 2.24) is 19.5 Å². The van der Waals surface area contributed by atoms with Crippen molar-refractivity contribution in [3.05, 3.63) is 30.2 Å². The molecule has 0 spiro atoms. The molecule has 2 unspecified atom stereocenters. The SMILES string of the molecule is CC1CCN(C(=O)c2ccc3nncn3c2)C(CN)C1. The fourth-order valence-electron chi connectivity index (χ4n) is 2.86. The van der Waals surface area contributed by atoms with Crippen molar-refractivity contribution in [3.8, 4) is 0 Å². The van der Waals surface area contributed by atoms with Crippen LogP contribution in [0.15, 0.2) is 24.7 Å². The fourth-order valence-corrected chi connectivity index (χ4v) is 2.86. The number of amides is 1. The first-order chi connectivity index (χ1) is 9.69. The lowest BCUT2D eigenvalue weighted by Gasteiger charge is -2.38. The van der Waals surface area contributed by atoms with E-state index in [1.165, 1.54) is 0 Å². The molecule has 3 heterocycles. The van der Waals surface area contributed by atoms with E-state index >= 15 is 0 Å². The van der Waals surface area contributed by atoms with Gasteiger partial charge >= 0.3 is 0 Å². The highest BCUT2D eigenvalue weighted by Gasteiger charge is 2.29. The van der Waals surface area contributed by atoms with Crippen LogP contribution >= 0.6 is 0 Å². The van der Waals surface area contributed by atoms with Gasteiger partial charge in [0.2, 0.25) is 0 Å². The number of carbonyl (C=O) groups excluding carboxylic acids is 1. The second kappa shape index (κ2) is 5.20. The van der Waals surface area contributed by atoms with Gasteiger partial charge in [-0.2, -0.15) is 0 Å². The summed E-state index contributed by atoms with van der Waals surface area (Å²) in [5.41, 5.74) is 7.22. The Bertz CT molecular complexity index is 623. The van der Waals surface area contributed by atoms with E-state index < -0.39 is 0 Å². The third-order valence-electron chi connectivity index (χ3n) is 4.05. The Morgan fingerprint density at radius 1 is 1.50 bits per heavy atom. The van der Waals surface area contributed by atoms with Crippen molar-refractivity contribution in [1.29, 1.82) is 0 Å². The fraction of sp³-hybridized carbons (Fsp3) is 0.500. The summed E-state index contributed by atoms with van der Waals surface area (Å²) in [5, 5.41) is 7.76. The van der Waals surface area contributed by atoms with Crippen LogP contribution in [0.2, 0.25) is 0 Å². The number of hydrogen-bond donors (Lipinski definition) is 1. The van der Waals surface area contributed by atoms with Gasteiger partial charge in [-0.15, -0.1) is 10.2 Å². The van der Waals surface area contributed by atoms with E-state index in [0.717, 1.165) is 25.0 Å². The average molecular weight is 273 g/mol. The molecule has 0 aromatic carbocycles. The lowest BCUT2D eigenvalue weighted by atomic mass is 9.92. The van der Waals surface area contributed by atoms with E-state index in [9.17, 15) is 4.79 Å². The standard InChI is InChI=1S/C14H19N5O/c1-10-4-5-19(12(6-10)7-15)14(20)11-2-3-13-17-16-9-18(13)8-11/h2-3,8-10,12H,4-7,15H2,1H3. The van der Waals surface area contributed by atoms with Crippen LogP contribution in [0.4, 0.5) is 0 Å². The molecule has 1 fully saturated rings. The molecule has 1 saturated heterocycles. The summed E-state index contributed by atoms with van der Waals surface area (Å²) < 4.78 is 1.76. The zero-order valence-corrected chi connectivity index (χ0v) is 11.6. The van der Waals surface area contributed by atoms with Crippen molar-refractivity contribution < 1.29 is 4.79 Å². The van der Waals surface area contributed by atoms with Gasteiger partial charge in [0.15, 0.2) is 5.65 Å². The Kier molecular flexibility index (Phi) is 3.40. The van der Waals surface area contributed by atoms with Crippen LogP contribution in [0, 0.1) is 5.92 Å². The maximum atomic E-state index is 12.7.